The minimum absolute atomic E-state index is 0.256. The predicted octanol–water partition coefficient (Wildman–Crippen LogP) is 5.83. The summed E-state index contributed by atoms with van der Waals surface area (Å²) in [7, 11) is 0. The van der Waals surface area contributed by atoms with Crippen LogP contribution in [0.1, 0.15) is 83.4 Å². The Morgan fingerprint density at radius 1 is 1.23 bits per heavy atom. The molecular formula is C34H47N5. The summed E-state index contributed by atoms with van der Waals surface area (Å²) in [4.78, 5) is 5.90. The van der Waals surface area contributed by atoms with Crippen LogP contribution in [0.25, 0.3) is 17.7 Å². The van der Waals surface area contributed by atoms with Crippen molar-refractivity contribution in [1.82, 2.24) is 15.2 Å². The Morgan fingerprint density at radius 2 is 1.97 bits per heavy atom. The second-order valence-electron chi connectivity index (χ2n) is 12.9. The second-order valence-corrected chi connectivity index (χ2v) is 12.9. The lowest BCUT2D eigenvalue weighted by Crippen LogP contribution is -2.44. The third kappa shape index (κ3) is 7.05. The third-order valence-electron chi connectivity index (χ3n) is 8.35. The molecular weight excluding hydrogens is 478 g/mol. The first-order valence-corrected chi connectivity index (χ1v) is 14.5. The maximum atomic E-state index is 9.96. The van der Waals surface area contributed by atoms with Crippen LogP contribution in [-0.2, 0) is 0 Å². The first-order valence-electron chi connectivity index (χ1n) is 14.5. The van der Waals surface area contributed by atoms with Crippen molar-refractivity contribution in [3.05, 3.63) is 70.0 Å². The van der Waals surface area contributed by atoms with E-state index in [0.29, 0.717) is 11.6 Å². The smallest absolute Gasteiger partial charge is 0.101 e. The Kier molecular flexibility index (Phi) is 8.76. The number of anilines is 1. The molecule has 1 fully saturated rings. The average Bonchev–Trinajstić information content (AvgIpc) is 3.35. The number of rotatable bonds is 9. The number of fused-ring (bicyclic) bond motifs is 1. The zero-order valence-corrected chi connectivity index (χ0v) is 24.9. The van der Waals surface area contributed by atoms with E-state index in [9.17, 15) is 5.26 Å². The highest BCUT2D eigenvalue weighted by Gasteiger charge is 2.30. The standard InChI is InChI=1S/C34H47N5/c1-24-11-12-27(23-35)32(38-34(7)17-13-31-30(26(34)3)14-18-36-31)29(24)10-8-9-19-39-20-15-28(16-21-39)37-25(2)22-33(4,5)6/h8,10-14,18,28,36-38H,2,9,15-17,19-22H2,1,3-7H3/b10-8+. The SMILES string of the molecule is C=C(CC(C)(C)C)NC1CCN(CC/C=C/c2c(C)ccc(C#N)c2NC2(C)CC=c3[nH]ccc3=C2C)CC1. The van der Waals surface area contributed by atoms with Crippen molar-refractivity contribution >= 4 is 23.4 Å². The fraction of sp³-hybridized carbons (Fsp3) is 0.500. The van der Waals surface area contributed by atoms with E-state index in [4.69, 9.17) is 0 Å². The summed E-state index contributed by atoms with van der Waals surface area (Å²) in [5.74, 6) is 0. The van der Waals surface area contributed by atoms with Gasteiger partial charge in [-0.1, -0.05) is 51.6 Å². The summed E-state index contributed by atoms with van der Waals surface area (Å²) < 4.78 is 0. The molecule has 0 spiro atoms. The normalized spacial score (nSPS) is 20.4. The molecule has 39 heavy (non-hydrogen) atoms. The fourth-order valence-electron chi connectivity index (χ4n) is 5.96. The molecule has 2 aromatic rings. The highest BCUT2D eigenvalue weighted by Crippen LogP contribution is 2.34. The van der Waals surface area contributed by atoms with E-state index in [2.05, 4.69) is 105 Å². The molecule has 1 aromatic carbocycles. The lowest BCUT2D eigenvalue weighted by Gasteiger charge is -2.35. The maximum absolute atomic E-state index is 9.96. The van der Waals surface area contributed by atoms with Crippen LogP contribution in [-0.4, -0.2) is 41.1 Å². The van der Waals surface area contributed by atoms with Crippen molar-refractivity contribution in [3.63, 3.8) is 0 Å². The molecule has 0 saturated carbocycles. The summed E-state index contributed by atoms with van der Waals surface area (Å²) in [5, 5.41) is 19.9. The van der Waals surface area contributed by atoms with Gasteiger partial charge in [-0.05, 0) is 81.6 Å². The van der Waals surface area contributed by atoms with Crippen molar-refractivity contribution in [2.45, 2.75) is 85.2 Å². The number of nitriles is 1. The lowest BCUT2D eigenvalue weighted by atomic mass is 9.84. The van der Waals surface area contributed by atoms with Gasteiger partial charge in [0.25, 0.3) is 0 Å². The van der Waals surface area contributed by atoms with Gasteiger partial charge in [-0.3, -0.25) is 0 Å². The molecule has 1 atom stereocenters. The molecule has 4 rings (SSSR count). The molecule has 208 valence electrons. The van der Waals surface area contributed by atoms with Crippen LogP contribution in [0.2, 0.25) is 0 Å². The summed E-state index contributed by atoms with van der Waals surface area (Å²) in [5.41, 5.74) is 6.40. The number of allylic oxidation sites excluding steroid dienone is 1. The summed E-state index contributed by atoms with van der Waals surface area (Å²) in [6, 6.07) is 9.11. The number of H-pyrrole nitrogens is 1. The van der Waals surface area contributed by atoms with Crippen molar-refractivity contribution in [1.29, 1.82) is 5.26 Å². The van der Waals surface area contributed by atoms with Crippen molar-refractivity contribution < 1.29 is 0 Å². The van der Waals surface area contributed by atoms with Gasteiger partial charge >= 0.3 is 0 Å². The van der Waals surface area contributed by atoms with Crippen molar-refractivity contribution in [2.75, 3.05) is 25.0 Å². The number of nitrogens with one attached hydrogen (secondary N) is 3. The number of aromatic nitrogens is 1. The zero-order chi connectivity index (χ0) is 28.2. The van der Waals surface area contributed by atoms with E-state index in [1.165, 1.54) is 40.2 Å². The minimum Gasteiger partial charge on any atom is -0.386 e. The topological polar surface area (TPSA) is 66.9 Å². The van der Waals surface area contributed by atoms with Crippen LogP contribution in [0.5, 0.6) is 0 Å². The molecule has 1 aliphatic carbocycles. The number of hydrogen-bond donors (Lipinski definition) is 3. The molecule has 1 aromatic heterocycles. The molecule has 2 aliphatic rings. The van der Waals surface area contributed by atoms with Crippen LogP contribution in [0.15, 0.2) is 42.7 Å². The van der Waals surface area contributed by atoms with E-state index >= 15 is 0 Å². The lowest BCUT2D eigenvalue weighted by molar-refractivity contribution is 0.204. The van der Waals surface area contributed by atoms with Gasteiger partial charge < -0.3 is 20.5 Å². The molecule has 3 N–H and O–H groups in total. The first-order chi connectivity index (χ1) is 18.5. The molecule has 1 saturated heterocycles. The Balaban J connectivity index is 1.39. The number of benzene rings is 1. The number of piperidine rings is 1. The zero-order valence-electron chi connectivity index (χ0n) is 24.9. The van der Waals surface area contributed by atoms with Gasteiger partial charge in [0.1, 0.15) is 6.07 Å². The Hall–Kier alpha value is -3.23. The molecule has 1 unspecified atom stereocenters. The highest BCUT2D eigenvalue weighted by molar-refractivity contribution is 5.78. The third-order valence-corrected chi connectivity index (χ3v) is 8.35. The Bertz CT molecular complexity index is 1370. The predicted molar refractivity (Wildman–Crippen MR) is 166 cm³/mol. The number of aryl methyl sites for hydroxylation is 1. The van der Waals surface area contributed by atoms with Crippen LogP contribution in [0.4, 0.5) is 5.69 Å². The van der Waals surface area contributed by atoms with Gasteiger partial charge in [-0.15, -0.1) is 0 Å². The van der Waals surface area contributed by atoms with Gasteiger partial charge in [0.15, 0.2) is 0 Å². The largest absolute Gasteiger partial charge is 0.386 e. The van der Waals surface area contributed by atoms with Gasteiger partial charge in [0.2, 0.25) is 0 Å². The Morgan fingerprint density at radius 3 is 2.67 bits per heavy atom. The molecule has 2 heterocycles. The van der Waals surface area contributed by atoms with Gasteiger partial charge in [0.05, 0.1) is 16.8 Å². The van der Waals surface area contributed by atoms with Crippen molar-refractivity contribution in [2.24, 2.45) is 5.41 Å². The summed E-state index contributed by atoms with van der Waals surface area (Å²) in [6.45, 7) is 20.9. The number of hydrogen-bond acceptors (Lipinski definition) is 4. The quantitative estimate of drug-likeness (QED) is 0.386. The number of nitrogens with zero attached hydrogens (tertiary/aromatic N) is 2. The number of aromatic amines is 1. The van der Waals surface area contributed by atoms with Crippen LogP contribution in [0.3, 0.4) is 0 Å². The van der Waals surface area contributed by atoms with Gasteiger partial charge in [-0.25, -0.2) is 0 Å². The maximum Gasteiger partial charge on any atom is 0.101 e. The van der Waals surface area contributed by atoms with E-state index in [1.807, 2.05) is 12.3 Å². The minimum atomic E-state index is -0.256. The number of likely N-dealkylation sites (tertiary alicyclic amines) is 1. The highest BCUT2D eigenvalue weighted by atomic mass is 15.1. The molecule has 5 heteroatoms. The monoisotopic (exact) mass is 525 g/mol. The molecule has 5 nitrogen and oxygen atoms in total. The second kappa shape index (κ2) is 11.9. The van der Waals surface area contributed by atoms with Crippen LogP contribution in [0, 0.1) is 23.7 Å². The van der Waals surface area contributed by atoms with E-state index in [0.717, 1.165) is 50.1 Å². The van der Waals surface area contributed by atoms with E-state index in [-0.39, 0.29) is 11.0 Å². The molecule has 0 radical (unpaired) electrons. The molecule has 0 bridgehead atoms. The summed E-state index contributed by atoms with van der Waals surface area (Å²) >= 11 is 0. The molecule has 1 aliphatic heterocycles. The van der Waals surface area contributed by atoms with E-state index < -0.39 is 0 Å². The van der Waals surface area contributed by atoms with Crippen LogP contribution < -0.4 is 21.2 Å². The van der Waals surface area contributed by atoms with Gasteiger partial charge in [-0.2, -0.15) is 5.26 Å². The van der Waals surface area contributed by atoms with Gasteiger partial charge in [0, 0.05) is 53.7 Å². The van der Waals surface area contributed by atoms with E-state index in [1.54, 1.807) is 0 Å². The summed E-state index contributed by atoms with van der Waals surface area (Å²) in [6.07, 6.45) is 14.0. The fourth-order valence-corrected chi connectivity index (χ4v) is 5.96. The average molecular weight is 526 g/mol. The molecule has 0 amide bonds. The Labute approximate surface area is 235 Å². The van der Waals surface area contributed by atoms with Crippen LogP contribution >= 0.6 is 0 Å². The van der Waals surface area contributed by atoms with Crippen molar-refractivity contribution in [3.8, 4) is 6.07 Å². The first kappa shape index (κ1) is 28.8.